The predicted octanol–water partition coefficient (Wildman–Crippen LogP) is 4.54. The number of nitrogens with zero attached hydrogens (tertiary/aromatic N) is 2. The number of nitrogens with one attached hydrogen (secondary N) is 2. The van der Waals surface area contributed by atoms with Crippen molar-refractivity contribution in [3.05, 3.63) is 71.9 Å². The zero-order valence-electron chi connectivity index (χ0n) is 18.5. The number of amides is 2. The van der Waals surface area contributed by atoms with Crippen LogP contribution in [0.15, 0.2) is 59.1 Å². The van der Waals surface area contributed by atoms with Gasteiger partial charge in [0.25, 0.3) is 0 Å². The van der Waals surface area contributed by atoms with E-state index < -0.39 is 0 Å². The zero-order valence-corrected chi connectivity index (χ0v) is 18.5. The average molecular weight is 439 g/mol. The number of hydrogen-bond acceptors (Lipinski definition) is 6. The number of carbonyl (C=O) groups is 1. The molecule has 1 heterocycles. The van der Waals surface area contributed by atoms with E-state index in [1.54, 1.807) is 0 Å². The normalized spacial score (nSPS) is 10.8. The molecule has 3 aromatic rings. The van der Waals surface area contributed by atoms with Crippen LogP contribution < -0.4 is 15.4 Å². The summed E-state index contributed by atoms with van der Waals surface area (Å²) < 4.78 is 16.5. The smallest absolute Gasteiger partial charge is 0.319 e. The van der Waals surface area contributed by atoms with Crippen LogP contribution in [-0.4, -0.2) is 35.9 Å². The van der Waals surface area contributed by atoms with Gasteiger partial charge in [-0.2, -0.15) is 4.98 Å². The van der Waals surface area contributed by atoms with Gasteiger partial charge in [-0.15, -0.1) is 0 Å². The van der Waals surface area contributed by atoms with Crippen molar-refractivity contribution >= 4 is 11.7 Å². The SMILES string of the molecule is CC(C)c1noc(CCCNC(=O)Nc2cccc(COCCOc3ccccc3)c2)n1. The fourth-order valence-corrected chi connectivity index (χ4v) is 2.88. The highest BCUT2D eigenvalue weighted by Crippen LogP contribution is 2.13. The minimum atomic E-state index is -0.257. The summed E-state index contributed by atoms with van der Waals surface area (Å²) >= 11 is 0. The number of benzene rings is 2. The first-order valence-corrected chi connectivity index (χ1v) is 10.8. The Morgan fingerprint density at radius 1 is 1.09 bits per heavy atom. The molecule has 0 fully saturated rings. The second kappa shape index (κ2) is 12.5. The average Bonchev–Trinajstić information content (AvgIpc) is 3.27. The Morgan fingerprint density at radius 3 is 2.72 bits per heavy atom. The van der Waals surface area contributed by atoms with Gasteiger partial charge in [-0.05, 0) is 36.2 Å². The minimum Gasteiger partial charge on any atom is -0.491 e. The van der Waals surface area contributed by atoms with Crippen LogP contribution in [0.2, 0.25) is 0 Å². The molecule has 2 N–H and O–H groups in total. The molecule has 1 aromatic heterocycles. The number of anilines is 1. The molecule has 0 spiro atoms. The van der Waals surface area contributed by atoms with Crippen LogP contribution in [0.3, 0.4) is 0 Å². The predicted molar refractivity (Wildman–Crippen MR) is 122 cm³/mol. The molecule has 8 nitrogen and oxygen atoms in total. The van der Waals surface area contributed by atoms with E-state index in [4.69, 9.17) is 14.0 Å². The molecule has 0 atom stereocenters. The van der Waals surface area contributed by atoms with E-state index in [-0.39, 0.29) is 11.9 Å². The van der Waals surface area contributed by atoms with E-state index in [0.29, 0.717) is 56.6 Å². The van der Waals surface area contributed by atoms with Gasteiger partial charge < -0.3 is 24.6 Å². The van der Waals surface area contributed by atoms with Crippen molar-refractivity contribution in [1.29, 1.82) is 0 Å². The van der Waals surface area contributed by atoms with Crippen LogP contribution in [0.1, 0.15) is 43.5 Å². The van der Waals surface area contributed by atoms with Crippen molar-refractivity contribution in [1.82, 2.24) is 15.5 Å². The van der Waals surface area contributed by atoms with Crippen LogP contribution >= 0.6 is 0 Å². The first-order valence-electron chi connectivity index (χ1n) is 10.8. The topological polar surface area (TPSA) is 98.5 Å². The highest BCUT2D eigenvalue weighted by atomic mass is 16.5. The van der Waals surface area contributed by atoms with Crippen LogP contribution in [0, 0.1) is 0 Å². The number of ether oxygens (including phenoxy) is 2. The fraction of sp³-hybridized carbons (Fsp3) is 0.375. The molecule has 0 aliphatic rings. The van der Waals surface area contributed by atoms with Gasteiger partial charge in [0, 0.05) is 24.6 Å². The maximum atomic E-state index is 12.1. The molecule has 0 aliphatic heterocycles. The summed E-state index contributed by atoms with van der Waals surface area (Å²) in [6, 6.07) is 16.9. The second-order valence-electron chi connectivity index (χ2n) is 7.60. The molecule has 0 radical (unpaired) electrons. The summed E-state index contributed by atoms with van der Waals surface area (Å²) in [5.41, 5.74) is 1.68. The lowest BCUT2D eigenvalue weighted by Crippen LogP contribution is -2.29. The Bertz CT molecular complexity index is 959. The van der Waals surface area contributed by atoms with E-state index in [0.717, 1.165) is 11.3 Å². The first-order chi connectivity index (χ1) is 15.6. The number of hydrogen-bond donors (Lipinski definition) is 2. The van der Waals surface area contributed by atoms with Crippen molar-refractivity contribution < 1.29 is 18.8 Å². The number of rotatable bonds is 12. The molecule has 8 heteroatoms. The fourth-order valence-electron chi connectivity index (χ4n) is 2.88. The molecule has 0 unspecified atom stereocenters. The van der Waals surface area contributed by atoms with Crippen molar-refractivity contribution in [3.8, 4) is 5.75 Å². The highest BCUT2D eigenvalue weighted by Gasteiger charge is 2.09. The van der Waals surface area contributed by atoms with Crippen molar-refractivity contribution in [2.24, 2.45) is 0 Å². The molecule has 0 saturated heterocycles. The summed E-state index contributed by atoms with van der Waals surface area (Å²) in [4.78, 5) is 16.5. The number of aromatic nitrogens is 2. The van der Waals surface area contributed by atoms with Crippen LogP contribution in [0.4, 0.5) is 10.5 Å². The van der Waals surface area contributed by atoms with Gasteiger partial charge in [0.15, 0.2) is 5.82 Å². The van der Waals surface area contributed by atoms with E-state index in [1.807, 2.05) is 68.4 Å². The summed E-state index contributed by atoms with van der Waals surface area (Å²) in [6.45, 7) is 5.94. The largest absolute Gasteiger partial charge is 0.491 e. The number of aryl methyl sites for hydroxylation is 1. The summed E-state index contributed by atoms with van der Waals surface area (Å²) in [5, 5.41) is 9.62. The number of urea groups is 1. The molecular weight excluding hydrogens is 408 g/mol. The Balaban J connectivity index is 1.31. The highest BCUT2D eigenvalue weighted by molar-refractivity contribution is 5.89. The zero-order chi connectivity index (χ0) is 22.6. The van der Waals surface area contributed by atoms with Gasteiger partial charge in [-0.3, -0.25) is 0 Å². The van der Waals surface area contributed by atoms with E-state index >= 15 is 0 Å². The molecule has 2 aromatic carbocycles. The monoisotopic (exact) mass is 438 g/mol. The molecule has 0 bridgehead atoms. The summed E-state index contributed by atoms with van der Waals surface area (Å²) in [5.74, 6) is 2.36. The molecule has 2 amide bonds. The van der Waals surface area contributed by atoms with E-state index in [9.17, 15) is 4.79 Å². The molecule has 3 rings (SSSR count). The molecule has 170 valence electrons. The van der Waals surface area contributed by atoms with Crippen LogP contribution in [0.5, 0.6) is 5.75 Å². The molecular formula is C24H30N4O4. The minimum absolute atomic E-state index is 0.236. The summed E-state index contributed by atoms with van der Waals surface area (Å²) in [7, 11) is 0. The third kappa shape index (κ3) is 8.03. The Morgan fingerprint density at radius 2 is 1.94 bits per heavy atom. The van der Waals surface area contributed by atoms with Gasteiger partial charge in [-0.25, -0.2) is 4.79 Å². The lowest BCUT2D eigenvalue weighted by molar-refractivity contribution is 0.0889. The molecule has 0 aliphatic carbocycles. The Labute approximate surface area is 188 Å². The van der Waals surface area contributed by atoms with E-state index in [1.165, 1.54) is 0 Å². The maximum absolute atomic E-state index is 12.1. The second-order valence-corrected chi connectivity index (χ2v) is 7.60. The quantitative estimate of drug-likeness (QED) is 0.403. The van der Waals surface area contributed by atoms with Gasteiger partial charge >= 0.3 is 6.03 Å². The Kier molecular flexibility index (Phi) is 9.06. The van der Waals surface area contributed by atoms with Crippen LogP contribution in [-0.2, 0) is 17.8 Å². The van der Waals surface area contributed by atoms with Crippen LogP contribution in [0.25, 0.3) is 0 Å². The maximum Gasteiger partial charge on any atom is 0.319 e. The molecule has 32 heavy (non-hydrogen) atoms. The van der Waals surface area contributed by atoms with Crippen molar-refractivity contribution in [3.63, 3.8) is 0 Å². The first kappa shape index (κ1) is 23.3. The third-order valence-electron chi connectivity index (χ3n) is 4.55. The van der Waals surface area contributed by atoms with Crippen molar-refractivity contribution in [2.75, 3.05) is 25.1 Å². The summed E-state index contributed by atoms with van der Waals surface area (Å²) in [6.07, 6.45) is 1.34. The van der Waals surface area contributed by atoms with Crippen molar-refractivity contribution in [2.45, 2.75) is 39.2 Å². The molecule has 0 saturated carbocycles. The van der Waals surface area contributed by atoms with Gasteiger partial charge in [0.05, 0.1) is 13.2 Å². The Hall–Kier alpha value is -3.39. The lowest BCUT2D eigenvalue weighted by atomic mass is 10.2. The van der Waals surface area contributed by atoms with E-state index in [2.05, 4.69) is 20.8 Å². The van der Waals surface area contributed by atoms with Gasteiger partial charge in [0.1, 0.15) is 12.4 Å². The lowest BCUT2D eigenvalue weighted by Gasteiger charge is -2.10. The standard InChI is InChI=1S/C24H30N4O4/c1-18(2)23-27-22(32-28-23)12-7-13-25-24(29)26-20-9-6-8-19(16-20)17-30-14-15-31-21-10-4-3-5-11-21/h3-6,8-11,16,18H,7,12-15,17H2,1-2H3,(H2,25,26,29). The number of carbonyl (C=O) groups excluding carboxylic acids is 1. The van der Waals surface area contributed by atoms with Gasteiger partial charge in [-0.1, -0.05) is 49.3 Å². The third-order valence-corrected chi connectivity index (χ3v) is 4.55. The van der Waals surface area contributed by atoms with Gasteiger partial charge in [0.2, 0.25) is 5.89 Å². The number of para-hydroxylation sites is 1.